The minimum Gasteiger partial charge on any atom is -0.493 e. The highest BCUT2D eigenvalue weighted by atomic mass is 16.5. The number of hydrogen-bond donors (Lipinski definition) is 1. The SMILES string of the molecule is COc1ccc(Cc2cc(-c3ccccc3)n[nH]2)cc1OC. The van der Waals surface area contributed by atoms with Crippen LogP contribution in [0.2, 0.25) is 0 Å². The maximum absolute atomic E-state index is 5.34. The Bertz CT molecular complexity index is 751. The zero-order valence-electron chi connectivity index (χ0n) is 12.7. The molecule has 0 saturated heterocycles. The predicted octanol–water partition coefficient (Wildman–Crippen LogP) is 3.68. The van der Waals surface area contributed by atoms with E-state index < -0.39 is 0 Å². The minimum absolute atomic E-state index is 0.737. The fourth-order valence-corrected chi connectivity index (χ4v) is 2.42. The molecule has 0 saturated carbocycles. The van der Waals surface area contributed by atoms with E-state index in [9.17, 15) is 0 Å². The summed E-state index contributed by atoms with van der Waals surface area (Å²) in [6, 6.07) is 18.1. The Hall–Kier alpha value is -2.75. The molecule has 0 aliphatic carbocycles. The van der Waals surface area contributed by atoms with Gasteiger partial charge in [0, 0.05) is 17.7 Å². The number of aromatic amines is 1. The number of hydrogen-bond acceptors (Lipinski definition) is 3. The second kappa shape index (κ2) is 6.35. The van der Waals surface area contributed by atoms with Gasteiger partial charge in [-0.3, -0.25) is 5.10 Å². The first-order chi connectivity index (χ1) is 10.8. The monoisotopic (exact) mass is 294 g/mol. The van der Waals surface area contributed by atoms with Gasteiger partial charge in [0.05, 0.1) is 19.9 Å². The lowest BCUT2D eigenvalue weighted by atomic mass is 10.1. The molecule has 0 aliphatic rings. The molecule has 1 N–H and O–H groups in total. The highest BCUT2D eigenvalue weighted by Crippen LogP contribution is 2.28. The lowest BCUT2D eigenvalue weighted by molar-refractivity contribution is 0.354. The molecule has 0 amide bonds. The summed E-state index contributed by atoms with van der Waals surface area (Å²) in [5.74, 6) is 1.48. The lowest BCUT2D eigenvalue weighted by Crippen LogP contribution is -1.94. The van der Waals surface area contributed by atoms with E-state index in [1.54, 1.807) is 14.2 Å². The molecule has 1 heterocycles. The van der Waals surface area contributed by atoms with E-state index in [1.165, 1.54) is 0 Å². The fourth-order valence-electron chi connectivity index (χ4n) is 2.42. The summed E-state index contributed by atoms with van der Waals surface area (Å²) in [7, 11) is 3.28. The van der Waals surface area contributed by atoms with E-state index in [1.807, 2.05) is 36.4 Å². The van der Waals surface area contributed by atoms with Crippen LogP contribution in [-0.2, 0) is 6.42 Å². The molecule has 0 aliphatic heterocycles. The Morgan fingerprint density at radius 3 is 2.41 bits per heavy atom. The number of nitrogens with zero attached hydrogens (tertiary/aromatic N) is 1. The molecular formula is C18H18N2O2. The molecule has 0 spiro atoms. The number of ether oxygens (including phenoxy) is 2. The second-order valence-corrected chi connectivity index (χ2v) is 5.01. The van der Waals surface area contributed by atoms with Gasteiger partial charge < -0.3 is 9.47 Å². The van der Waals surface area contributed by atoms with Gasteiger partial charge in [0.1, 0.15) is 0 Å². The van der Waals surface area contributed by atoms with Gasteiger partial charge in [0.2, 0.25) is 0 Å². The topological polar surface area (TPSA) is 47.1 Å². The van der Waals surface area contributed by atoms with Crippen molar-refractivity contribution in [2.24, 2.45) is 0 Å². The smallest absolute Gasteiger partial charge is 0.160 e. The third kappa shape index (κ3) is 2.96. The van der Waals surface area contributed by atoms with Crippen molar-refractivity contribution in [3.63, 3.8) is 0 Å². The van der Waals surface area contributed by atoms with Gasteiger partial charge in [-0.1, -0.05) is 36.4 Å². The Morgan fingerprint density at radius 2 is 1.68 bits per heavy atom. The Labute approximate surface area is 129 Å². The van der Waals surface area contributed by atoms with Crippen molar-refractivity contribution in [3.8, 4) is 22.8 Å². The van der Waals surface area contributed by atoms with Crippen molar-refractivity contribution in [1.29, 1.82) is 0 Å². The molecule has 0 fully saturated rings. The van der Waals surface area contributed by atoms with Gasteiger partial charge in [-0.2, -0.15) is 5.10 Å². The molecule has 2 aromatic carbocycles. The normalized spacial score (nSPS) is 10.5. The molecular weight excluding hydrogens is 276 g/mol. The van der Waals surface area contributed by atoms with Crippen LogP contribution in [0, 0.1) is 0 Å². The van der Waals surface area contributed by atoms with Crippen molar-refractivity contribution in [2.75, 3.05) is 14.2 Å². The van der Waals surface area contributed by atoms with Crippen molar-refractivity contribution < 1.29 is 9.47 Å². The quantitative estimate of drug-likeness (QED) is 0.780. The summed E-state index contributed by atoms with van der Waals surface area (Å²) in [5.41, 5.74) is 4.26. The molecule has 3 rings (SSSR count). The fraction of sp³-hybridized carbons (Fsp3) is 0.167. The van der Waals surface area contributed by atoms with Gasteiger partial charge >= 0.3 is 0 Å². The van der Waals surface area contributed by atoms with Crippen LogP contribution in [0.25, 0.3) is 11.3 Å². The molecule has 0 unspecified atom stereocenters. The Kier molecular flexibility index (Phi) is 4.10. The lowest BCUT2D eigenvalue weighted by Gasteiger charge is -2.08. The summed E-state index contributed by atoms with van der Waals surface area (Å²) in [4.78, 5) is 0. The van der Waals surface area contributed by atoms with Crippen LogP contribution in [0.5, 0.6) is 11.5 Å². The maximum atomic E-state index is 5.34. The van der Waals surface area contributed by atoms with Crippen molar-refractivity contribution in [1.82, 2.24) is 10.2 Å². The van der Waals surface area contributed by atoms with Crippen molar-refractivity contribution >= 4 is 0 Å². The molecule has 1 aromatic heterocycles. The highest BCUT2D eigenvalue weighted by Gasteiger charge is 2.08. The van der Waals surface area contributed by atoms with Gasteiger partial charge in [0.25, 0.3) is 0 Å². The first-order valence-corrected chi connectivity index (χ1v) is 7.11. The van der Waals surface area contributed by atoms with E-state index in [0.29, 0.717) is 0 Å². The number of rotatable bonds is 5. The summed E-state index contributed by atoms with van der Waals surface area (Å²) in [6.07, 6.45) is 0.764. The Balaban J connectivity index is 1.81. The van der Waals surface area contributed by atoms with Crippen molar-refractivity contribution in [3.05, 3.63) is 65.9 Å². The summed E-state index contributed by atoms with van der Waals surface area (Å²) < 4.78 is 10.6. The first kappa shape index (κ1) is 14.2. The van der Waals surface area contributed by atoms with Gasteiger partial charge in [-0.25, -0.2) is 0 Å². The first-order valence-electron chi connectivity index (χ1n) is 7.11. The van der Waals surface area contributed by atoms with Crippen LogP contribution in [-0.4, -0.2) is 24.4 Å². The maximum Gasteiger partial charge on any atom is 0.160 e. The van der Waals surface area contributed by atoms with Crippen molar-refractivity contribution in [2.45, 2.75) is 6.42 Å². The number of nitrogens with one attached hydrogen (secondary N) is 1. The van der Waals surface area contributed by atoms with Gasteiger partial charge in [-0.05, 0) is 23.8 Å². The van der Waals surface area contributed by atoms with E-state index in [0.717, 1.165) is 40.4 Å². The third-order valence-corrected chi connectivity index (χ3v) is 3.54. The zero-order chi connectivity index (χ0) is 15.4. The summed E-state index contributed by atoms with van der Waals surface area (Å²) in [5, 5.41) is 7.47. The Morgan fingerprint density at radius 1 is 0.909 bits per heavy atom. The number of aromatic nitrogens is 2. The highest BCUT2D eigenvalue weighted by molar-refractivity contribution is 5.59. The molecule has 0 atom stereocenters. The number of benzene rings is 2. The molecule has 4 heteroatoms. The largest absolute Gasteiger partial charge is 0.493 e. The van der Waals surface area contributed by atoms with E-state index >= 15 is 0 Å². The average molecular weight is 294 g/mol. The number of methoxy groups -OCH3 is 2. The summed E-state index contributed by atoms with van der Waals surface area (Å²) >= 11 is 0. The molecule has 112 valence electrons. The molecule has 0 bridgehead atoms. The second-order valence-electron chi connectivity index (χ2n) is 5.01. The van der Waals surface area contributed by atoms with Gasteiger partial charge in [-0.15, -0.1) is 0 Å². The van der Waals surface area contributed by atoms with E-state index in [-0.39, 0.29) is 0 Å². The minimum atomic E-state index is 0.737. The van der Waals surface area contributed by atoms with E-state index in [2.05, 4.69) is 28.4 Å². The van der Waals surface area contributed by atoms with Crippen LogP contribution in [0.1, 0.15) is 11.3 Å². The van der Waals surface area contributed by atoms with Crippen LogP contribution >= 0.6 is 0 Å². The third-order valence-electron chi connectivity index (χ3n) is 3.54. The van der Waals surface area contributed by atoms with Crippen LogP contribution in [0.4, 0.5) is 0 Å². The molecule has 0 radical (unpaired) electrons. The standard InChI is InChI=1S/C18H18N2O2/c1-21-17-9-8-13(11-18(17)22-2)10-15-12-16(20-19-15)14-6-4-3-5-7-14/h3-9,11-12H,10H2,1-2H3,(H,19,20). The van der Waals surface area contributed by atoms with Crippen LogP contribution < -0.4 is 9.47 Å². The number of H-pyrrole nitrogens is 1. The summed E-state index contributed by atoms with van der Waals surface area (Å²) in [6.45, 7) is 0. The van der Waals surface area contributed by atoms with Crippen LogP contribution in [0.3, 0.4) is 0 Å². The molecule has 22 heavy (non-hydrogen) atoms. The zero-order valence-corrected chi connectivity index (χ0v) is 12.7. The van der Waals surface area contributed by atoms with Crippen LogP contribution in [0.15, 0.2) is 54.6 Å². The molecule has 3 aromatic rings. The van der Waals surface area contributed by atoms with Gasteiger partial charge in [0.15, 0.2) is 11.5 Å². The predicted molar refractivity (Wildman–Crippen MR) is 86.4 cm³/mol. The van der Waals surface area contributed by atoms with E-state index in [4.69, 9.17) is 9.47 Å². The molecule has 4 nitrogen and oxygen atoms in total. The average Bonchev–Trinajstić information content (AvgIpc) is 3.04.